The average Bonchev–Trinajstić information content (AvgIpc) is 3.09. The van der Waals surface area contributed by atoms with Gasteiger partial charge < -0.3 is 14.7 Å². The Balaban J connectivity index is 0.000000242. The molecule has 0 aromatic heterocycles. The van der Waals surface area contributed by atoms with Crippen molar-refractivity contribution in [2.45, 2.75) is 50.5 Å². The molecule has 4 fully saturated rings. The van der Waals surface area contributed by atoms with Crippen molar-refractivity contribution in [3.8, 4) is 0 Å². The molecule has 3 heterocycles. The van der Waals surface area contributed by atoms with Gasteiger partial charge >= 0.3 is 12.1 Å². The molecule has 1 aliphatic carbocycles. The Bertz CT molecular complexity index is 533. The van der Waals surface area contributed by atoms with Gasteiger partial charge in [0.05, 0.1) is 18.1 Å². The number of nitrogens with zero attached hydrogens (tertiary/aromatic N) is 2. The molecule has 0 spiro atoms. The lowest BCUT2D eigenvalue weighted by Crippen LogP contribution is -2.46. The number of morpholine rings is 1. The van der Waals surface area contributed by atoms with Gasteiger partial charge in [0.25, 0.3) is 0 Å². The summed E-state index contributed by atoms with van der Waals surface area (Å²) < 4.78 is 37.8. The molecule has 148 valence electrons. The van der Waals surface area contributed by atoms with E-state index < -0.39 is 12.1 Å². The molecular weight excluding hydrogens is 353 g/mol. The Hall–Kier alpha value is -1.35. The predicted molar refractivity (Wildman–Crippen MR) is 85.4 cm³/mol. The summed E-state index contributed by atoms with van der Waals surface area (Å²) in [6.45, 7) is 5.21. The van der Waals surface area contributed by atoms with Gasteiger partial charge in [-0.2, -0.15) is 13.2 Å². The number of rotatable bonds is 3. The molecule has 2 bridgehead atoms. The second kappa shape index (κ2) is 7.72. The Labute approximate surface area is 150 Å². The minimum atomic E-state index is -5.08. The number of ether oxygens (including phenoxy) is 1. The summed E-state index contributed by atoms with van der Waals surface area (Å²) in [7, 11) is 0. The molecule has 1 N–H and O–H groups in total. The van der Waals surface area contributed by atoms with E-state index in [1.54, 1.807) is 0 Å². The number of hydrogen-bond acceptors (Lipinski definition) is 4. The van der Waals surface area contributed by atoms with E-state index in [1.165, 1.54) is 32.2 Å². The van der Waals surface area contributed by atoms with Crippen molar-refractivity contribution in [2.24, 2.45) is 11.8 Å². The lowest BCUT2D eigenvalue weighted by Gasteiger charge is -2.33. The fraction of sp³-hybridized carbons (Fsp3) is 0.882. The van der Waals surface area contributed by atoms with Crippen LogP contribution >= 0.6 is 0 Å². The zero-order valence-electron chi connectivity index (χ0n) is 14.6. The van der Waals surface area contributed by atoms with Crippen LogP contribution in [0.2, 0.25) is 0 Å². The molecule has 3 saturated heterocycles. The van der Waals surface area contributed by atoms with Crippen molar-refractivity contribution in [3.05, 3.63) is 0 Å². The van der Waals surface area contributed by atoms with Crippen molar-refractivity contribution >= 4 is 11.9 Å². The lowest BCUT2D eigenvalue weighted by atomic mass is 9.99. The molecule has 3 atom stereocenters. The van der Waals surface area contributed by atoms with Crippen LogP contribution in [0, 0.1) is 11.8 Å². The molecule has 4 rings (SSSR count). The third kappa shape index (κ3) is 4.88. The van der Waals surface area contributed by atoms with Crippen molar-refractivity contribution < 1.29 is 32.6 Å². The molecule has 1 amide bonds. The predicted octanol–water partition coefficient (Wildman–Crippen LogP) is 1.74. The number of likely N-dealkylation sites (tertiary alicyclic amines) is 2. The molecule has 0 aromatic rings. The fourth-order valence-corrected chi connectivity index (χ4v) is 3.98. The molecule has 26 heavy (non-hydrogen) atoms. The monoisotopic (exact) mass is 378 g/mol. The Morgan fingerprint density at radius 2 is 1.73 bits per heavy atom. The fourth-order valence-electron chi connectivity index (χ4n) is 3.98. The van der Waals surface area contributed by atoms with Gasteiger partial charge in [-0.05, 0) is 38.0 Å². The van der Waals surface area contributed by atoms with Crippen LogP contribution in [0.3, 0.4) is 0 Å². The van der Waals surface area contributed by atoms with Gasteiger partial charge in [-0.25, -0.2) is 4.79 Å². The van der Waals surface area contributed by atoms with Crippen LogP contribution < -0.4 is 0 Å². The number of fused-ring (bicyclic) bond motifs is 2. The van der Waals surface area contributed by atoms with Crippen LogP contribution in [0.25, 0.3) is 0 Å². The normalized spacial score (nSPS) is 31.5. The number of carboxylic acids is 1. The highest BCUT2D eigenvalue weighted by Crippen LogP contribution is 2.36. The van der Waals surface area contributed by atoms with Crippen LogP contribution in [0.1, 0.15) is 32.1 Å². The smallest absolute Gasteiger partial charge is 0.475 e. The summed E-state index contributed by atoms with van der Waals surface area (Å²) in [5.41, 5.74) is 0. The van der Waals surface area contributed by atoms with E-state index in [0.717, 1.165) is 38.5 Å². The van der Waals surface area contributed by atoms with Gasteiger partial charge in [0.15, 0.2) is 0 Å². The van der Waals surface area contributed by atoms with Crippen LogP contribution in [-0.4, -0.2) is 77.9 Å². The van der Waals surface area contributed by atoms with E-state index in [1.807, 2.05) is 0 Å². The third-order valence-electron chi connectivity index (χ3n) is 5.42. The van der Waals surface area contributed by atoms with Crippen LogP contribution in [-0.2, 0) is 14.3 Å². The standard InChI is InChI=1S/C15H24N2O2.C2HF3O2/c18-15(17-5-1-2-6-17)13-7-12-9-16(8-11-3-4-11)10-14(13)19-12;3-2(4,5)1(6)7/h11-14H,1-10H2;(H,6,7). The first-order valence-electron chi connectivity index (χ1n) is 9.20. The highest BCUT2D eigenvalue weighted by atomic mass is 19.4. The lowest BCUT2D eigenvalue weighted by molar-refractivity contribution is -0.192. The average molecular weight is 378 g/mol. The number of carbonyl (C=O) groups is 2. The molecule has 4 aliphatic rings. The number of hydrogen-bond donors (Lipinski definition) is 1. The summed E-state index contributed by atoms with van der Waals surface area (Å²) in [5, 5.41) is 7.12. The Kier molecular flexibility index (Phi) is 5.76. The summed E-state index contributed by atoms with van der Waals surface area (Å²) >= 11 is 0. The number of carboxylic acid groups (broad SMARTS) is 1. The van der Waals surface area contributed by atoms with E-state index in [9.17, 15) is 18.0 Å². The highest BCUT2D eigenvalue weighted by Gasteiger charge is 2.46. The maximum atomic E-state index is 12.6. The third-order valence-corrected chi connectivity index (χ3v) is 5.42. The summed E-state index contributed by atoms with van der Waals surface area (Å²) in [6, 6.07) is 0. The van der Waals surface area contributed by atoms with Crippen molar-refractivity contribution in [3.63, 3.8) is 0 Å². The zero-order chi connectivity index (χ0) is 18.9. The van der Waals surface area contributed by atoms with E-state index in [-0.39, 0.29) is 12.0 Å². The van der Waals surface area contributed by atoms with Crippen LogP contribution in [0.15, 0.2) is 0 Å². The van der Waals surface area contributed by atoms with E-state index in [2.05, 4.69) is 9.80 Å². The molecule has 0 aromatic carbocycles. The molecule has 3 unspecified atom stereocenters. The molecular formula is C17H25F3N2O4. The number of amides is 1. The van der Waals surface area contributed by atoms with Gasteiger partial charge in [-0.15, -0.1) is 0 Å². The van der Waals surface area contributed by atoms with E-state index in [0.29, 0.717) is 12.0 Å². The number of carbonyl (C=O) groups excluding carboxylic acids is 1. The summed E-state index contributed by atoms with van der Waals surface area (Å²) in [6.07, 6.45) is 1.54. The maximum absolute atomic E-state index is 12.6. The van der Waals surface area contributed by atoms with Crippen molar-refractivity contribution in [1.29, 1.82) is 0 Å². The van der Waals surface area contributed by atoms with Crippen LogP contribution in [0.4, 0.5) is 13.2 Å². The van der Waals surface area contributed by atoms with E-state index >= 15 is 0 Å². The van der Waals surface area contributed by atoms with E-state index in [4.69, 9.17) is 14.6 Å². The number of halogens is 3. The van der Waals surface area contributed by atoms with Crippen molar-refractivity contribution in [1.82, 2.24) is 9.80 Å². The molecule has 0 radical (unpaired) electrons. The SMILES string of the molecule is O=C(C1CC2CN(CC3CC3)CC1O2)N1CCCC1.O=C(O)C(F)(F)F. The Morgan fingerprint density at radius 3 is 2.27 bits per heavy atom. The van der Waals surface area contributed by atoms with Gasteiger partial charge in [-0.1, -0.05) is 0 Å². The summed E-state index contributed by atoms with van der Waals surface area (Å²) in [4.78, 5) is 26.1. The molecule has 1 saturated carbocycles. The minimum absolute atomic E-state index is 0.146. The summed E-state index contributed by atoms with van der Waals surface area (Å²) in [5.74, 6) is -1.30. The van der Waals surface area contributed by atoms with Gasteiger partial charge in [-0.3, -0.25) is 9.69 Å². The van der Waals surface area contributed by atoms with Crippen LogP contribution in [0.5, 0.6) is 0 Å². The quantitative estimate of drug-likeness (QED) is 0.810. The first-order valence-corrected chi connectivity index (χ1v) is 9.20. The van der Waals surface area contributed by atoms with Gasteiger partial charge in [0, 0.05) is 32.7 Å². The largest absolute Gasteiger partial charge is 0.490 e. The molecule has 9 heteroatoms. The van der Waals surface area contributed by atoms with Crippen molar-refractivity contribution in [2.75, 3.05) is 32.7 Å². The molecule has 3 aliphatic heterocycles. The topological polar surface area (TPSA) is 70.1 Å². The first kappa shape index (κ1) is 19.4. The second-order valence-electron chi connectivity index (χ2n) is 7.64. The highest BCUT2D eigenvalue weighted by molar-refractivity contribution is 5.80. The minimum Gasteiger partial charge on any atom is -0.475 e. The second-order valence-corrected chi connectivity index (χ2v) is 7.64. The zero-order valence-corrected chi connectivity index (χ0v) is 14.6. The Morgan fingerprint density at radius 1 is 1.12 bits per heavy atom. The van der Waals surface area contributed by atoms with Gasteiger partial charge in [0.2, 0.25) is 5.91 Å². The molecule has 6 nitrogen and oxygen atoms in total. The maximum Gasteiger partial charge on any atom is 0.490 e. The van der Waals surface area contributed by atoms with Gasteiger partial charge in [0.1, 0.15) is 0 Å². The number of alkyl halides is 3. The number of aliphatic carboxylic acids is 1. The first-order chi connectivity index (χ1) is 12.2.